The topological polar surface area (TPSA) is 76.0 Å². The number of aliphatic hydroxyl groups excluding tert-OH is 2. The number of aliphatic hydroxyl groups is 2. The Balaban J connectivity index is 2.46. The van der Waals surface area contributed by atoms with Crippen LogP contribution < -0.4 is 4.74 Å². The highest BCUT2D eigenvalue weighted by Gasteiger charge is 2.15. The van der Waals surface area contributed by atoms with Crippen molar-refractivity contribution in [1.82, 2.24) is 0 Å². The lowest BCUT2D eigenvalue weighted by Gasteiger charge is -2.18. The Labute approximate surface area is 143 Å². The fraction of sp³-hybridized carbons (Fsp3) is 0.421. The van der Waals surface area contributed by atoms with Gasteiger partial charge in [-0.15, -0.1) is 0 Å². The molecule has 0 heterocycles. The van der Waals surface area contributed by atoms with Crippen molar-refractivity contribution in [3.63, 3.8) is 0 Å². The highest BCUT2D eigenvalue weighted by Crippen LogP contribution is 2.26. The first-order valence-electron chi connectivity index (χ1n) is 8.10. The van der Waals surface area contributed by atoms with E-state index in [2.05, 4.69) is 0 Å². The number of carbonyl (C=O) groups is 1. The summed E-state index contributed by atoms with van der Waals surface area (Å²) in [6.45, 7) is 4.30. The largest absolute Gasteiger partial charge is 0.491 e. The van der Waals surface area contributed by atoms with E-state index in [0.29, 0.717) is 18.8 Å². The van der Waals surface area contributed by atoms with Crippen molar-refractivity contribution < 1.29 is 24.5 Å². The minimum atomic E-state index is -0.587. The zero-order valence-corrected chi connectivity index (χ0v) is 14.2. The first-order chi connectivity index (χ1) is 11.6. The number of carbonyl (C=O) groups excluding carboxylic acids is 1. The average molecular weight is 334 g/mol. The summed E-state index contributed by atoms with van der Waals surface area (Å²) < 4.78 is 10.1. The predicted octanol–water partition coefficient (Wildman–Crippen LogP) is 2.79. The molecule has 2 atom stereocenters. The molecule has 0 fully saturated rings. The van der Waals surface area contributed by atoms with Gasteiger partial charge in [0.1, 0.15) is 12.4 Å². The molecule has 5 nitrogen and oxygen atoms in total. The van der Waals surface area contributed by atoms with Crippen molar-refractivity contribution in [2.75, 3.05) is 19.8 Å². The summed E-state index contributed by atoms with van der Waals surface area (Å²) in [5.41, 5.74) is 0.814. The smallest absolute Gasteiger partial charge is 0.330 e. The zero-order valence-electron chi connectivity index (χ0n) is 14.2. The summed E-state index contributed by atoms with van der Waals surface area (Å²) in [5, 5.41) is 19.1. The lowest BCUT2D eigenvalue weighted by atomic mass is 9.94. The number of esters is 1. The van der Waals surface area contributed by atoms with Crippen LogP contribution in [-0.4, -0.2) is 36.0 Å². The van der Waals surface area contributed by atoms with E-state index in [1.807, 2.05) is 25.1 Å². The fourth-order valence-corrected chi connectivity index (χ4v) is 2.08. The quantitative estimate of drug-likeness (QED) is 0.391. The van der Waals surface area contributed by atoms with Crippen LogP contribution in [0.1, 0.15) is 31.9 Å². The molecule has 0 aliphatic rings. The van der Waals surface area contributed by atoms with Gasteiger partial charge in [-0.25, -0.2) is 4.79 Å². The molecule has 0 saturated heterocycles. The molecule has 0 aliphatic heterocycles. The van der Waals surface area contributed by atoms with Crippen LogP contribution in [0.3, 0.4) is 0 Å². The molecule has 0 saturated carbocycles. The van der Waals surface area contributed by atoms with Gasteiger partial charge in [-0.05, 0) is 37.0 Å². The van der Waals surface area contributed by atoms with Gasteiger partial charge in [-0.3, -0.25) is 0 Å². The van der Waals surface area contributed by atoms with Crippen molar-refractivity contribution in [2.45, 2.75) is 26.4 Å². The summed E-state index contributed by atoms with van der Waals surface area (Å²) >= 11 is 0. The predicted molar refractivity (Wildman–Crippen MR) is 92.7 cm³/mol. The molecule has 0 amide bonds. The first-order valence-corrected chi connectivity index (χ1v) is 8.10. The molecule has 1 aromatic carbocycles. The van der Waals surface area contributed by atoms with E-state index in [4.69, 9.17) is 14.6 Å². The Hall–Kier alpha value is -2.11. The SMILES string of the molecule is CCOC(=O)/C=C/C=C/C[C@@H](C)[C@@H](O)c1ccc(OCCO)cc1. The van der Waals surface area contributed by atoms with Gasteiger partial charge in [0.15, 0.2) is 0 Å². The van der Waals surface area contributed by atoms with Crippen LogP contribution in [0.15, 0.2) is 48.6 Å². The second-order valence-corrected chi connectivity index (χ2v) is 5.34. The Morgan fingerprint density at radius 3 is 2.58 bits per heavy atom. The number of allylic oxidation sites excluding steroid dienone is 3. The fourth-order valence-electron chi connectivity index (χ4n) is 2.08. The molecular formula is C19H26O5. The summed E-state index contributed by atoms with van der Waals surface area (Å²) in [4.78, 5) is 11.1. The van der Waals surface area contributed by atoms with E-state index in [1.165, 1.54) is 6.08 Å². The van der Waals surface area contributed by atoms with E-state index < -0.39 is 6.10 Å². The van der Waals surface area contributed by atoms with Crippen molar-refractivity contribution in [3.8, 4) is 5.75 Å². The molecule has 2 N–H and O–H groups in total. The van der Waals surface area contributed by atoms with Crippen LogP contribution in [0.25, 0.3) is 0 Å². The Kier molecular flexibility index (Phi) is 9.49. The highest BCUT2D eigenvalue weighted by atomic mass is 16.5. The summed E-state index contributed by atoms with van der Waals surface area (Å²) in [5.74, 6) is 0.330. The maximum Gasteiger partial charge on any atom is 0.330 e. The third-order valence-corrected chi connectivity index (χ3v) is 3.39. The van der Waals surface area contributed by atoms with E-state index in [1.54, 1.807) is 31.2 Å². The Morgan fingerprint density at radius 2 is 1.96 bits per heavy atom. The third kappa shape index (κ3) is 7.44. The van der Waals surface area contributed by atoms with Crippen LogP contribution >= 0.6 is 0 Å². The van der Waals surface area contributed by atoms with E-state index in [-0.39, 0.29) is 25.1 Å². The van der Waals surface area contributed by atoms with Gasteiger partial charge in [0.25, 0.3) is 0 Å². The van der Waals surface area contributed by atoms with E-state index in [0.717, 1.165) is 5.56 Å². The maximum atomic E-state index is 11.1. The van der Waals surface area contributed by atoms with Crippen molar-refractivity contribution >= 4 is 5.97 Å². The molecule has 0 radical (unpaired) electrons. The zero-order chi connectivity index (χ0) is 17.8. The molecule has 132 valence electrons. The lowest BCUT2D eigenvalue weighted by molar-refractivity contribution is -0.137. The lowest BCUT2D eigenvalue weighted by Crippen LogP contribution is -2.08. The van der Waals surface area contributed by atoms with Crippen LogP contribution in [0.2, 0.25) is 0 Å². The molecule has 1 rings (SSSR count). The molecule has 0 aromatic heterocycles. The average Bonchev–Trinajstić information content (AvgIpc) is 2.59. The molecule has 0 bridgehead atoms. The monoisotopic (exact) mass is 334 g/mol. The van der Waals surface area contributed by atoms with Crippen molar-refractivity contribution in [3.05, 3.63) is 54.1 Å². The van der Waals surface area contributed by atoms with Gasteiger partial charge in [0.05, 0.1) is 19.3 Å². The highest BCUT2D eigenvalue weighted by molar-refractivity contribution is 5.82. The molecule has 0 spiro atoms. The second-order valence-electron chi connectivity index (χ2n) is 5.34. The molecule has 0 aliphatic carbocycles. The number of hydrogen-bond donors (Lipinski definition) is 2. The Morgan fingerprint density at radius 1 is 1.25 bits per heavy atom. The molecule has 0 unspecified atom stereocenters. The number of rotatable bonds is 10. The molecule has 1 aromatic rings. The maximum absolute atomic E-state index is 11.1. The number of benzene rings is 1. The van der Waals surface area contributed by atoms with Gasteiger partial charge in [0, 0.05) is 6.08 Å². The first kappa shape index (κ1) is 19.9. The van der Waals surface area contributed by atoms with Gasteiger partial charge < -0.3 is 19.7 Å². The molecule has 5 heteroatoms. The summed E-state index contributed by atoms with van der Waals surface area (Å²) in [6, 6.07) is 7.19. The standard InChI is InChI=1S/C19H26O5/c1-3-23-18(21)8-6-4-5-7-15(2)19(22)16-9-11-17(12-10-16)24-14-13-20/h4-6,8-12,15,19-20,22H,3,7,13-14H2,1-2H3/b5-4+,8-6+/t15-,19-/m1/s1. The number of hydrogen-bond acceptors (Lipinski definition) is 5. The van der Waals surface area contributed by atoms with Gasteiger partial charge >= 0.3 is 5.97 Å². The van der Waals surface area contributed by atoms with Crippen LogP contribution in [0, 0.1) is 5.92 Å². The summed E-state index contributed by atoms with van der Waals surface area (Å²) in [7, 11) is 0. The van der Waals surface area contributed by atoms with Crippen molar-refractivity contribution in [1.29, 1.82) is 0 Å². The van der Waals surface area contributed by atoms with Crippen LogP contribution in [-0.2, 0) is 9.53 Å². The molecular weight excluding hydrogens is 308 g/mol. The Bertz CT molecular complexity index is 533. The van der Waals surface area contributed by atoms with Gasteiger partial charge in [-0.1, -0.05) is 37.3 Å². The van der Waals surface area contributed by atoms with Gasteiger partial charge in [-0.2, -0.15) is 0 Å². The van der Waals surface area contributed by atoms with Gasteiger partial charge in [0.2, 0.25) is 0 Å². The van der Waals surface area contributed by atoms with E-state index in [9.17, 15) is 9.90 Å². The van der Waals surface area contributed by atoms with Crippen molar-refractivity contribution in [2.24, 2.45) is 5.92 Å². The third-order valence-electron chi connectivity index (χ3n) is 3.39. The summed E-state index contributed by atoms with van der Waals surface area (Å²) in [6.07, 6.45) is 6.76. The minimum absolute atomic E-state index is 0.0291. The van der Waals surface area contributed by atoms with Crippen LogP contribution in [0.5, 0.6) is 5.75 Å². The number of ether oxygens (including phenoxy) is 2. The molecule has 24 heavy (non-hydrogen) atoms. The van der Waals surface area contributed by atoms with Crippen LogP contribution in [0.4, 0.5) is 0 Å². The van der Waals surface area contributed by atoms with E-state index >= 15 is 0 Å². The second kappa shape index (κ2) is 11.4. The minimum Gasteiger partial charge on any atom is -0.491 e. The normalized spacial score (nSPS) is 14.0.